The fourth-order valence-electron chi connectivity index (χ4n) is 2.65. The molecule has 0 bridgehead atoms. The summed E-state index contributed by atoms with van der Waals surface area (Å²) < 4.78 is 27.0. The van der Waals surface area contributed by atoms with Gasteiger partial charge in [-0.05, 0) is 18.9 Å². The first kappa shape index (κ1) is 14.2. The molecule has 0 amide bonds. The summed E-state index contributed by atoms with van der Waals surface area (Å²) in [6, 6.07) is 1.66. The van der Waals surface area contributed by atoms with Crippen LogP contribution in [0.1, 0.15) is 32.6 Å². The van der Waals surface area contributed by atoms with Crippen LogP contribution in [0.5, 0.6) is 0 Å². The third kappa shape index (κ3) is 2.72. The third-order valence-electron chi connectivity index (χ3n) is 3.57. The van der Waals surface area contributed by atoms with Gasteiger partial charge in [-0.15, -0.1) is 0 Å². The highest BCUT2D eigenvalue weighted by atomic mass is 32.2. The van der Waals surface area contributed by atoms with Crippen LogP contribution < -0.4 is 11.3 Å². The van der Waals surface area contributed by atoms with Crippen LogP contribution in [0, 0.1) is 0 Å². The maximum absolute atomic E-state index is 12.7. The minimum absolute atomic E-state index is 0.0980. The number of pyridine rings is 1. The van der Waals surface area contributed by atoms with E-state index in [2.05, 4.69) is 10.4 Å². The van der Waals surface area contributed by atoms with Crippen molar-refractivity contribution in [1.29, 1.82) is 0 Å². The highest BCUT2D eigenvalue weighted by molar-refractivity contribution is 7.89. The summed E-state index contributed by atoms with van der Waals surface area (Å²) in [4.78, 5) is 4.05. The average molecular weight is 284 g/mol. The van der Waals surface area contributed by atoms with Crippen LogP contribution in [0.2, 0.25) is 0 Å². The summed E-state index contributed by atoms with van der Waals surface area (Å²) in [5, 5.41) is 0. The molecule has 2 rings (SSSR count). The summed E-state index contributed by atoms with van der Waals surface area (Å²) in [6.45, 7) is 2.33. The van der Waals surface area contributed by atoms with Gasteiger partial charge < -0.3 is 5.43 Å². The van der Waals surface area contributed by atoms with Gasteiger partial charge in [0.15, 0.2) is 0 Å². The molecule has 1 heterocycles. The predicted molar refractivity (Wildman–Crippen MR) is 73.9 cm³/mol. The Balaban J connectivity index is 2.39. The molecule has 0 radical (unpaired) electrons. The second-order valence-corrected chi connectivity index (χ2v) is 6.52. The van der Waals surface area contributed by atoms with Crippen LogP contribution in [-0.4, -0.2) is 30.3 Å². The number of hydrogen-bond donors (Lipinski definition) is 2. The molecule has 1 aromatic heterocycles. The number of nitrogen functional groups attached to an aromatic ring is 1. The van der Waals surface area contributed by atoms with E-state index >= 15 is 0 Å². The smallest absolute Gasteiger partial charge is 0.246 e. The second-order valence-electron chi connectivity index (χ2n) is 4.66. The minimum atomic E-state index is -3.55. The molecule has 7 heteroatoms. The second kappa shape index (κ2) is 5.85. The van der Waals surface area contributed by atoms with Crippen molar-refractivity contribution in [2.75, 3.05) is 12.0 Å². The lowest BCUT2D eigenvalue weighted by Crippen LogP contribution is -2.39. The molecule has 0 aromatic carbocycles. The molecule has 0 atom stereocenters. The molecule has 6 nitrogen and oxygen atoms in total. The number of hydrazine groups is 1. The van der Waals surface area contributed by atoms with Crippen molar-refractivity contribution in [3.05, 3.63) is 18.5 Å². The van der Waals surface area contributed by atoms with Crippen LogP contribution in [0.3, 0.4) is 0 Å². The highest BCUT2D eigenvalue weighted by Gasteiger charge is 2.33. The molecule has 0 aliphatic heterocycles. The van der Waals surface area contributed by atoms with Crippen molar-refractivity contribution < 1.29 is 8.42 Å². The van der Waals surface area contributed by atoms with Gasteiger partial charge in [0.25, 0.3) is 0 Å². The third-order valence-corrected chi connectivity index (χ3v) is 5.63. The molecule has 106 valence electrons. The minimum Gasteiger partial charge on any atom is -0.323 e. The fraction of sp³-hybridized carbons (Fsp3) is 0.583. The van der Waals surface area contributed by atoms with Crippen molar-refractivity contribution in [3.8, 4) is 0 Å². The molecular weight excluding hydrogens is 264 g/mol. The van der Waals surface area contributed by atoms with Crippen molar-refractivity contribution >= 4 is 15.7 Å². The van der Waals surface area contributed by atoms with Gasteiger partial charge in [0.1, 0.15) is 4.90 Å². The van der Waals surface area contributed by atoms with Gasteiger partial charge in [0.05, 0.1) is 5.69 Å². The van der Waals surface area contributed by atoms with Crippen molar-refractivity contribution in [2.45, 2.75) is 43.5 Å². The number of sulfonamides is 1. The van der Waals surface area contributed by atoms with Gasteiger partial charge >= 0.3 is 0 Å². The zero-order valence-electron chi connectivity index (χ0n) is 11.0. The topological polar surface area (TPSA) is 88.3 Å². The molecule has 1 aromatic rings. The summed E-state index contributed by atoms with van der Waals surface area (Å²) in [6.07, 6.45) is 6.90. The summed E-state index contributed by atoms with van der Waals surface area (Å²) in [5.41, 5.74) is 2.81. The lowest BCUT2D eigenvalue weighted by Gasteiger charge is -2.27. The van der Waals surface area contributed by atoms with Gasteiger partial charge in [-0.3, -0.25) is 10.8 Å². The van der Waals surface area contributed by atoms with Gasteiger partial charge in [-0.25, -0.2) is 8.42 Å². The zero-order valence-corrected chi connectivity index (χ0v) is 11.9. The number of nitrogens with two attached hydrogens (primary N) is 1. The number of anilines is 1. The Hall–Kier alpha value is -1.18. The highest BCUT2D eigenvalue weighted by Crippen LogP contribution is 2.30. The average Bonchev–Trinajstić information content (AvgIpc) is 2.93. The summed E-state index contributed by atoms with van der Waals surface area (Å²) >= 11 is 0. The number of nitrogens with zero attached hydrogens (tertiary/aromatic N) is 2. The number of rotatable bonds is 5. The monoisotopic (exact) mass is 284 g/mol. The van der Waals surface area contributed by atoms with Crippen molar-refractivity contribution in [1.82, 2.24) is 9.29 Å². The van der Waals surface area contributed by atoms with Crippen LogP contribution in [-0.2, 0) is 10.0 Å². The van der Waals surface area contributed by atoms with E-state index < -0.39 is 10.0 Å². The van der Waals surface area contributed by atoms with Crippen molar-refractivity contribution in [3.63, 3.8) is 0 Å². The van der Waals surface area contributed by atoms with Crippen LogP contribution >= 0.6 is 0 Å². The number of aromatic nitrogens is 1. The van der Waals surface area contributed by atoms with Gasteiger partial charge in [0, 0.05) is 25.0 Å². The van der Waals surface area contributed by atoms with E-state index in [-0.39, 0.29) is 10.9 Å². The Bertz CT molecular complexity index is 526. The van der Waals surface area contributed by atoms with E-state index in [9.17, 15) is 8.42 Å². The fourth-order valence-corrected chi connectivity index (χ4v) is 4.44. The molecule has 1 aliphatic rings. The molecule has 19 heavy (non-hydrogen) atoms. The Kier molecular flexibility index (Phi) is 4.38. The van der Waals surface area contributed by atoms with Crippen LogP contribution in [0.4, 0.5) is 5.69 Å². The first-order chi connectivity index (χ1) is 9.11. The quantitative estimate of drug-likeness (QED) is 0.629. The molecule has 1 saturated carbocycles. The lowest BCUT2D eigenvalue weighted by molar-refractivity contribution is 0.335. The molecule has 0 saturated heterocycles. The van der Waals surface area contributed by atoms with Gasteiger partial charge in [-0.2, -0.15) is 4.31 Å². The lowest BCUT2D eigenvalue weighted by atomic mass is 10.2. The summed E-state index contributed by atoms with van der Waals surface area (Å²) in [7, 11) is -3.55. The van der Waals surface area contributed by atoms with E-state index in [1.165, 1.54) is 12.4 Å². The first-order valence-electron chi connectivity index (χ1n) is 6.53. The molecule has 0 unspecified atom stereocenters. The molecular formula is C12H20N4O2S. The van der Waals surface area contributed by atoms with Crippen molar-refractivity contribution in [2.24, 2.45) is 5.84 Å². The van der Waals surface area contributed by atoms with Gasteiger partial charge in [0.2, 0.25) is 10.0 Å². The van der Waals surface area contributed by atoms with E-state index in [0.29, 0.717) is 12.2 Å². The van der Waals surface area contributed by atoms with Gasteiger partial charge in [-0.1, -0.05) is 19.8 Å². The molecule has 3 N–H and O–H groups in total. The number of nitrogens with one attached hydrogen (secondary N) is 1. The Labute approximate surface area is 114 Å². The van der Waals surface area contributed by atoms with E-state index in [4.69, 9.17) is 5.84 Å². The maximum Gasteiger partial charge on any atom is 0.246 e. The standard InChI is InChI=1S/C12H20N4O2S/c1-2-16(10-5-3-4-6-10)19(17,18)12-9-14-8-7-11(12)15-13/h7-10H,2-6,13H2,1H3,(H,14,15). The van der Waals surface area contributed by atoms with E-state index in [1.807, 2.05) is 6.92 Å². The number of hydrogen-bond acceptors (Lipinski definition) is 5. The SMILES string of the molecule is CCN(C1CCCC1)S(=O)(=O)c1cnccc1NN. The molecule has 1 aliphatic carbocycles. The predicted octanol–water partition coefficient (Wildman–Crippen LogP) is 1.32. The Morgan fingerprint density at radius 1 is 1.47 bits per heavy atom. The Morgan fingerprint density at radius 2 is 2.16 bits per heavy atom. The summed E-state index contributed by atoms with van der Waals surface area (Å²) in [5.74, 6) is 5.38. The van der Waals surface area contributed by atoms with Crippen LogP contribution in [0.15, 0.2) is 23.4 Å². The van der Waals surface area contributed by atoms with E-state index in [1.54, 1.807) is 10.4 Å². The largest absolute Gasteiger partial charge is 0.323 e. The first-order valence-corrected chi connectivity index (χ1v) is 7.97. The molecule has 0 spiro atoms. The van der Waals surface area contributed by atoms with E-state index in [0.717, 1.165) is 25.7 Å². The normalized spacial score (nSPS) is 17.0. The van der Waals surface area contributed by atoms with Crippen LogP contribution in [0.25, 0.3) is 0 Å². The maximum atomic E-state index is 12.7. The molecule has 1 fully saturated rings. The Morgan fingerprint density at radius 3 is 2.74 bits per heavy atom. The zero-order chi connectivity index (χ0) is 13.9.